The van der Waals surface area contributed by atoms with Crippen molar-refractivity contribution < 1.29 is 0 Å². The van der Waals surface area contributed by atoms with Gasteiger partial charge in [-0.05, 0) is 86.3 Å². The van der Waals surface area contributed by atoms with Gasteiger partial charge in [-0.3, -0.25) is 0 Å². The second kappa shape index (κ2) is 8.69. The first-order valence-corrected chi connectivity index (χ1v) is 17.3. The van der Waals surface area contributed by atoms with Crippen molar-refractivity contribution >= 4 is 73.5 Å². The third-order valence-electron chi connectivity index (χ3n) is 10.6. The van der Waals surface area contributed by atoms with Crippen LogP contribution >= 0.6 is 11.8 Å². The van der Waals surface area contributed by atoms with Crippen LogP contribution in [-0.4, -0.2) is 11.4 Å². The van der Waals surface area contributed by atoms with Gasteiger partial charge in [-0.15, -0.1) is 0 Å². The highest BCUT2D eigenvalue weighted by Gasteiger charge is 2.47. The Labute approximate surface area is 275 Å². The lowest BCUT2D eigenvalue weighted by atomic mass is 9.43. The molecule has 0 atom stereocenters. The molecule has 0 radical (unpaired) electrons. The van der Waals surface area contributed by atoms with E-state index in [1.54, 1.807) is 0 Å². The normalized spacial score (nSPS) is 14.6. The molecule has 7 aromatic rings. The molecular weight excluding hydrogens is 575 g/mol. The zero-order chi connectivity index (χ0) is 31.3. The number of anilines is 2. The highest BCUT2D eigenvalue weighted by molar-refractivity contribution is 7.99. The highest BCUT2D eigenvalue weighted by atomic mass is 32.2. The molecule has 0 fully saturated rings. The van der Waals surface area contributed by atoms with Crippen molar-refractivity contribution in [2.75, 3.05) is 4.81 Å². The third-order valence-corrected chi connectivity index (χ3v) is 11.7. The lowest BCUT2D eigenvalue weighted by Gasteiger charge is -2.45. The predicted molar refractivity (Wildman–Crippen MR) is 199 cm³/mol. The average Bonchev–Trinajstić information content (AvgIpc) is 3.37. The van der Waals surface area contributed by atoms with Crippen molar-refractivity contribution in [3.05, 3.63) is 114 Å². The van der Waals surface area contributed by atoms with E-state index in [-0.39, 0.29) is 17.7 Å². The minimum Gasteiger partial charge on any atom is -0.374 e. The highest BCUT2D eigenvalue weighted by Crippen LogP contribution is 2.55. The second-order valence-electron chi connectivity index (χ2n) is 15.4. The first-order valence-electron chi connectivity index (χ1n) is 16.5. The fourth-order valence-corrected chi connectivity index (χ4v) is 9.45. The SMILES string of the molecule is CC(C)(C)c1ccc2c(c1)c1cc(C(C)(C)C)cc3c1n2-c1c2c(cc4ccccc14)-c1cccc4c1N(B23)c1ccccc1S4. The van der Waals surface area contributed by atoms with Gasteiger partial charge in [-0.2, -0.15) is 0 Å². The van der Waals surface area contributed by atoms with Crippen molar-refractivity contribution in [3.8, 4) is 16.8 Å². The van der Waals surface area contributed by atoms with E-state index in [0.29, 0.717) is 0 Å². The van der Waals surface area contributed by atoms with Gasteiger partial charge < -0.3 is 9.38 Å². The van der Waals surface area contributed by atoms with Gasteiger partial charge in [0.15, 0.2) is 0 Å². The molecule has 6 aromatic carbocycles. The summed E-state index contributed by atoms with van der Waals surface area (Å²) in [6.45, 7) is 14.1. The van der Waals surface area contributed by atoms with E-state index < -0.39 is 0 Å². The summed E-state index contributed by atoms with van der Waals surface area (Å²) >= 11 is 1.91. The van der Waals surface area contributed by atoms with Crippen LogP contribution in [0.5, 0.6) is 0 Å². The maximum atomic E-state index is 2.69. The lowest BCUT2D eigenvalue weighted by molar-refractivity contribution is 0.590. The van der Waals surface area contributed by atoms with Crippen molar-refractivity contribution in [2.45, 2.75) is 62.2 Å². The van der Waals surface area contributed by atoms with Gasteiger partial charge in [0, 0.05) is 37.2 Å². The number of hydrogen-bond donors (Lipinski definition) is 0. The van der Waals surface area contributed by atoms with Gasteiger partial charge in [0.1, 0.15) is 0 Å². The van der Waals surface area contributed by atoms with E-state index in [9.17, 15) is 0 Å². The van der Waals surface area contributed by atoms with Crippen molar-refractivity contribution in [2.24, 2.45) is 0 Å². The molecule has 0 aliphatic carbocycles. The first-order chi connectivity index (χ1) is 22.1. The van der Waals surface area contributed by atoms with E-state index in [4.69, 9.17) is 0 Å². The van der Waals surface area contributed by atoms with E-state index in [2.05, 4.69) is 154 Å². The van der Waals surface area contributed by atoms with Crippen LogP contribution in [0.1, 0.15) is 52.7 Å². The number of benzene rings is 6. The molecule has 0 saturated carbocycles. The zero-order valence-corrected chi connectivity index (χ0v) is 28.0. The number of fused-ring (bicyclic) bond motifs is 11. The van der Waals surface area contributed by atoms with Crippen LogP contribution in [0.4, 0.5) is 11.4 Å². The molecule has 0 N–H and O–H groups in total. The fraction of sp³-hybridized carbons (Fsp3) is 0.190. The third kappa shape index (κ3) is 3.35. The largest absolute Gasteiger partial charge is 0.374 e. The van der Waals surface area contributed by atoms with Crippen LogP contribution in [0.2, 0.25) is 0 Å². The molecule has 10 rings (SSSR count). The molecule has 4 heteroatoms. The molecule has 0 amide bonds. The van der Waals surface area contributed by atoms with Crippen molar-refractivity contribution in [1.82, 2.24) is 4.57 Å². The van der Waals surface area contributed by atoms with E-state index >= 15 is 0 Å². The minimum atomic E-state index is 0.000629. The molecule has 3 aliphatic heterocycles. The van der Waals surface area contributed by atoms with Crippen LogP contribution in [0.15, 0.2) is 113 Å². The van der Waals surface area contributed by atoms with Gasteiger partial charge in [0.05, 0.1) is 22.4 Å². The van der Waals surface area contributed by atoms with Crippen LogP contribution in [0.3, 0.4) is 0 Å². The standard InChI is InChI=1S/C42H35BN2S/c1-41(2,3)25-18-19-33-29(21-25)31-22-26(42(4,5)6)23-32-38(31)44(33)40-27-13-8-7-12-24(27)20-30-28-14-11-17-36-39(28)45(43(32)37(30)40)34-15-9-10-16-35(34)46-36/h7-23H,1-6H3. The predicted octanol–water partition coefficient (Wildman–Crippen LogP) is 10.2. The molecule has 2 nitrogen and oxygen atoms in total. The van der Waals surface area contributed by atoms with Gasteiger partial charge >= 0.3 is 6.85 Å². The summed E-state index contributed by atoms with van der Waals surface area (Å²) in [4.78, 5) is 5.35. The van der Waals surface area contributed by atoms with Crippen molar-refractivity contribution in [1.29, 1.82) is 0 Å². The Hall–Kier alpha value is -4.41. The Morgan fingerprint density at radius 1 is 0.587 bits per heavy atom. The van der Waals surface area contributed by atoms with Gasteiger partial charge in [-0.25, -0.2) is 0 Å². The van der Waals surface area contributed by atoms with Crippen LogP contribution in [0.25, 0.3) is 49.4 Å². The smallest absolute Gasteiger partial charge is 0.333 e. The van der Waals surface area contributed by atoms with E-state index in [0.717, 1.165) is 0 Å². The molecular formula is C42H35BN2S. The molecule has 0 spiro atoms. The van der Waals surface area contributed by atoms with Crippen LogP contribution < -0.4 is 15.7 Å². The van der Waals surface area contributed by atoms with Crippen LogP contribution in [-0.2, 0) is 10.8 Å². The summed E-state index contributed by atoms with van der Waals surface area (Å²) in [5.74, 6) is 0. The van der Waals surface area contributed by atoms with E-state index in [1.165, 1.54) is 92.6 Å². The van der Waals surface area contributed by atoms with Gasteiger partial charge in [-0.1, -0.05) is 114 Å². The molecule has 1 aromatic heterocycles. The van der Waals surface area contributed by atoms with Crippen molar-refractivity contribution in [3.63, 3.8) is 0 Å². The monoisotopic (exact) mass is 610 g/mol. The van der Waals surface area contributed by atoms with E-state index in [1.807, 2.05) is 11.8 Å². The lowest BCUT2D eigenvalue weighted by Crippen LogP contribution is -2.61. The second-order valence-corrected chi connectivity index (χ2v) is 16.5. The Bertz CT molecular complexity index is 2490. The summed E-state index contributed by atoms with van der Waals surface area (Å²) in [6.07, 6.45) is 0. The maximum Gasteiger partial charge on any atom is 0.333 e. The summed E-state index contributed by atoms with van der Waals surface area (Å²) in [6, 6.07) is 39.7. The number of hydrogen-bond acceptors (Lipinski definition) is 2. The molecule has 4 heterocycles. The summed E-state index contributed by atoms with van der Waals surface area (Å²) in [5.41, 5.74) is 15.0. The molecule has 0 unspecified atom stereocenters. The quantitative estimate of drug-likeness (QED) is 0.158. The van der Waals surface area contributed by atoms with Gasteiger partial charge in [0.2, 0.25) is 0 Å². The Kier molecular flexibility index (Phi) is 5.06. The molecule has 3 aliphatic rings. The molecule has 0 bridgehead atoms. The molecule has 0 saturated heterocycles. The fourth-order valence-electron chi connectivity index (χ4n) is 8.35. The average molecular weight is 611 g/mol. The first kappa shape index (κ1) is 26.8. The topological polar surface area (TPSA) is 8.17 Å². The molecule has 222 valence electrons. The Morgan fingerprint density at radius 3 is 2.15 bits per heavy atom. The Balaban J connectivity index is 1.47. The number of aromatic nitrogens is 1. The number of para-hydroxylation sites is 2. The summed E-state index contributed by atoms with van der Waals surface area (Å²) in [5, 5.41) is 5.32. The number of nitrogens with zero attached hydrogens (tertiary/aromatic N) is 2. The van der Waals surface area contributed by atoms with Crippen LogP contribution in [0, 0.1) is 0 Å². The summed E-state index contributed by atoms with van der Waals surface area (Å²) < 4.78 is 2.63. The molecule has 46 heavy (non-hydrogen) atoms. The zero-order valence-electron chi connectivity index (χ0n) is 27.2. The maximum absolute atomic E-state index is 2.69. The Morgan fingerprint density at radius 2 is 1.33 bits per heavy atom. The van der Waals surface area contributed by atoms with Gasteiger partial charge in [0.25, 0.3) is 0 Å². The summed E-state index contributed by atoms with van der Waals surface area (Å²) in [7, 11) is 0. The number of rotatable bonds is 0. The minimum absolute atomic E-state index is 0.000629.